The van der Waals surface area contributed by atoms with E-state index in [-0.39, 0.29) is 11.6 Å². The molecule has 180 valence electrons. The summed E-state index contributed by atoms with van der Waals surface area (Å²) in [5.74, 6) is 0.203. The lowest BCUT2D eigenvalue weighted by atomic mass is 9.90. The monoisotopic (exact) mass is 480 g/mol. The predicted molar refractivity (Wildman–Crippen MR) is 139 cm³/mol. The van der Waals surface area contributed by atoms with Crippen LogP contribution in [0.1, 0.15) is 18.5 Å². The molecule has 3 aromatic heterocycles. The summed E-state index contributed by atoms with van der Waals surface area (Å²) < 4.78 is 29.9. The lowest BCUT2D eigenvalue weighted by Gasteiger charge is -2.18. The number of nitrogens with zero attached hydrogens (tertiary/aromatic N) is 3. The molecule has 0 radical (unpaired) electrons. The number of aryl methyl sites for hydroxylation is 1. The van der Waals surface area contributed by atoms with Crippen molar-refractivity contribution < 1.29 is 8.78 Å². The van der Waals surface area contributed by atoms with Gasteiger partial charge >= 0.3 is 0 Å². The molecule has 1 aliphatic carbocycles. The van der Waals surface area contributed by atoms with Gasteiger partial charge in [0.05, 0.1) is 16.7 Å². The number of hydrogen-bond donors (Lipinski definition) is 1. The lowest BCUT2D eigenvalue weighted by molar-refractivity contribution is 0.618. The van der Waals surface area contributed by atoms with Gasteiger partial charge in [-0.1, -0.05) is 12.1 Å². The average molecular weight is 481 g/mol. The summed E-state index contributed by atoms with van der Waals surface area (Å²) in [5, 5.41) is 3.58. The number of hydrogen-bond acceptors (Lipinski definition) is 3. The van der Waals surface area contributed by atoms with Gasteiger partial charge in [-0.2, -0.15) is 0 Å². The fraction of sp³-hybridized carbons (Fsp3) is 0.200. The Labute approximate surface area is 208 Å². The topological polar surface area (TPSA) is 42.7 Å². The van der Waals surface area contributed by atoms with Crippen molar-refractivity contribution in [2.75, 3.05) is 6.54 Å². The highest BCUT2D eigenvalue weighted by atomic mass is 19.1. The van der Waals surface area contributed by atoms with E-state index in [0.29, 0.717) is 0 Å². The molecule has 1 N–H and O–H groups in total. The Morgan fingerprint density at radius 2 is 1.44 bits per heavy atom. The Bertz CT molecular complexity index is 1520. The molecule has 5 aromatic rings. The van der Waals surface area contributed by atoms with Gasteiger partial charge in [-0.15, -0.1) is 0 Å². The second-order valence-electron chi connectivity index (χ2n) is 9.46. The number of fused-ring (bicyclic) bond motifs is 1. The summed E-state index contributed by atoms with van der Waals surface area (Å²) >= 11 is 0. The van der Waals surface area contributed by atoms with Crippen molar-refractivity contribution in [1.82, 2.24) is 19.9 Å². The van der Waals surface area contributed by atoms with E-state index < -0.39 is 0 Å². The highest BCUT2D eigenvalue weighted by Crippen LogP contribution is 2.43. The molecule has 36 heavy (non-hydrogen) atoms. The highest BCUT2D eigenvalue weighted by molar-refractivity contribution is 6.06. The van der Waals surface area contributed by atoms with Gasteiger partial charge in [0.25, 0.3) is 0 Å². The Balaban J connectivity index is 1.64. The van der Waals surface area contributed by atoms with E-state index in [4.69, 9.17) is 4.98 Å². The Morgan fingerprint density at radius 1 is 0.833 bits per heavy atom. The van der Waals surface area contributed by atoms with Gasteiger partial charge in [0.1, 0.15) is 11.6 Å². The van der Waals surface area contributed by atoms with E-state index in [1.165, 1.54) is 37.1 Å². The van der Waals surface area contributed by atoms with Crippen molar-refractivity contribution in [2.45, 2.75) is 19.4 Å². The third-order valence-electron chi connectivity index (χ3n) is 6.92. The quantitative estimate of drug-likeness (QED) is 0.280. The molecule has 0 saturated heterocycles. The van der Waals surface area contributed by atoms with Gasteiger partial charge in [0, 0.05) is 48.4 Å². The number of rotatable bonds is 7. The molecule has 2 aromatic carbocycles. The van der Waals surface area contributed by atoms with E-state index in [2.05, 4.69) is 28.0 Å². The van der Waals surface area contributed by atoms with Crippen molar-refractivity contribution in [3.8, 4) is 33.5 Å². The molecule has 4 nitrogen and oxygen atoms in total. The zero-order valence-electron chi connectivity index (χ0n) is 20.0. The van der Waals surface area contributed by atoms with Gasteiger partial charge in [-0.25, -0.2) is 13.8 Å². The first-order valence-corrected chi connectivity index (χ1v) is 12.2. The van der Waals surface area contributed by atoms with Gasteiger partial charge in [-0.3, -0.25) is 4.98 Å². The summed E-state index contributed by atoms with van der Waals surface area (Å²) in [6.07, 6.45) is 6.10. The lowest BCUT2D eigenvalue weighted by Crippen LogP contribution is -2.17. The van der Waals surface area contributed by atoms with E-state index in [9.17, 15) is 8.78 Å². The summed E-state index contributed by atoms with van der Waals surface area (Å²) in [6.45, 7) is 1.76. The first-order valence-electron chi connectivity index (χ1n) is 12.2. The Morgan fingerprint density at radius 3 is 2.08 bits per heavy atom. The normalized spacial score (nSPS) is 13.4. The minimum atomic E-state index is -0.298. The maximum absolute atomic E-state index is 13.9. The fourth-order valence-corrected chi connectivity index (χ4v) is 4.84. The molecule has 0 unspecified atom stereocenters. The molecule has 0 atom stereocenters. The molecule has 6 heteroatoms. The van der Waals surface area contributed by atoms with E-state index in [1.54, 1.807) is 36.7 Å². The molecule has 1 fully saturated rings. The smallest absolute Gasteiger partial charge is 0.123 e. The van der Waals surface area contributed by atoms with Crippen LogP contribution in [0.4, 0.5) is 8.78 Å². The van der Waals surface area contributed by atoms with Crippen molar-refractivity contribution in [3.05, 3.63) is 96.5 Å². The van der Waals surface area contributed by atoms with E-state index >= 15 is 0 Å². The van der Waals surface area contributed by atoms with Crippen LogP contribution in [0.2, 0.25) is 0 Å². The largest absolute Gasteiger partial charge is 0.345 e. The van der Waals surface area contributed by atoms with Crippen LogP contribution >= 0.6 is 0 Å². The highest BCUT2D eigenvalue weighted by Gasteiger charge is 2.24. The average Bonchev–Trinajstić information content (AvgIpc) is 3.67. The molecule has 6 rings (SSSR count). The SMILES string of the molecule is Cn1c(CNCC2CC2)cc2nc(-c3ccc(F)cc3)c(-c3ccncc3)c(-c3ccc(F)cc3)c21. The van der Waals surface area contributed by atoms with Gasteiger partial charge in [-0.05, 0) is 91.0 Å². The maximum Gasteiger partial charge on any atom is 0.123 e. The first kappa shape index (κ1) is 22.6. The molecule has 3 heterocycles. The van der Waals surface area contributed by atoms with Gasteiger partial charge in [0.2, 0.25) is 0 Å². The molecule has 0 spiro atoms. The number of halogens is 2. The molecule has 1 aliphatic rings. The second-order valence-corrected chi connectivity index (χ2v) is 9.46. The third kappa shape index (κ3) is 4.29. The van der Waals surface area contributed by atoms with Crippen LogP contribution in [0.25, 0.3) is 44.5 Å². The summed E-state index contributed by atoms with van der Waals surface area (Å²) in [7, 11) is 2.05. The third-order valence-corrected chi connectivity index (χ3v) is 6.92. The van der Waals surface area contributed by atoms with Crippen LogP contribution in [0, 0.1) is 17.6 Å². The standard InChI is InChI=1S/C30H26F2N4/c1-36-25(18-34-17-19-2-3-19)16-26-30(36)28(20-4-8-23(31)9-5-20)27(21-12-14-33-15-13-21)29(35-26)22-6-10-24(32)11-7-22/h4-16,19,34H,2-3,17-18H2,1H3. The van der Waals surface area contributed by atoms with Gasteiger partial charge < -0.3 is 9.88 Å². The Hall–Kier alpha value is -3.90. The molecule has 0 amide bonds. The zero-order valence-corrected chi connectivity index (χ0v) is 20.0. The van der Waals surface area contributed by atoms with Gasteiger partial charge in [0.15, 0.2) is 0 Å². The number of nitrogens with one attached hydrogen (secondary N) is 1. The van der Waals surface area contributed by atoms with Crippen LogP contribution in [-0.4, -0.2) is 21.1 Å². The Kier molecular flexibility index (Phi) is 5.82. The van der Waals surface area contributed by atoms with E-state index in [0.717, 1.165) is 69.2 Å². The summed E-state index contributed by atoms with van der Waals surface area (Å²) in [5.41, 5.74) is 8.19. The van der Waals surface area contributed by atoms with Crippen molar-refractivity contribution in [1.29, 1.82) is 0 Å². The fourth-order valence-electron chi connectivity index (χ4n) is 4.84. The van der Waals surface area contributed by atoms with Crippen molar-refractivity contribution in [3.63, 3.8) is 0 Å². The predicted octanol–water partition coefficient (Wildman–Crippen LogP) is 6.75. The van der Waals surface area contributed by atoms with Crippen LogP contribution in [0.3, 0.4) is 0 Å². The van der Waals surface area contributed by atoms with Crippen LogP contribution in [0.15, 0.2) is 79.1 Å². The summed E-state index contributed by atoms with van der Waals surface area (Å²) in [6, 6.07) is 19.0. The molecular weight excluding hydrogens is 454 g/mol. The molecule has 0 aliphatic heterocycles. The first-order chi connectivity index (χ1) is 17.6. The zero-order chi connectivity index (χ0) is 24.6. The van der Waals surface area contributed by atoms with Crippen LogP contribution < -0.4 is 5.32 Å². The molecule has 1 saturated carbocycles. The second kappa shape index (κ2) is 9.28. The minimum Gasteiger partial charge on any atom is -0.345 e. The van der Waals surface area contributed by atoms with Crippen LogP contribution in [-0.2, 0) is 13.6 Å². The number of benzene rings is 2. The van der Waals surface area contributed by atoms with Crippen LogP contribution in [0.5, 0.6) is 0 Å². The van der Waals surface area contributed by atoms with Crippen molar-refractivity contribution in [2.24, 2.45) is 13.0 Å². The summed E-state index contributed by atoms with van der Waals surface area (Å²) in [4.78, 5) is 9.33. The van der Waals surface area contributed by atoms with E-state index in [1.807, 2.05) is 12.1 Å². The minimum absolute atomic E-state index is 0.287. The maximum atomic E-state index is 13.9. The molecule has 0 bridgehead atoms. The molecular formula is C30H26F2N4. The number of pyridine rings is 2. The number of aromatic nitrogens is 3. The van der Waals surface area contributed by atoms with Crippen molar-refractivity contribution >= 4 is 11.0 Å².